The second-order valence-electron chi connectivity index (χ2n) is 4.84. The first-order valence-electron chi connectivity index (χ1n) is 6.03. The molecule has 0 unspecified atom stereocenters. The van der Waals surface area contributed by atoms with E-state index in [1.54, 1.807) is 0 Å². The molecular formula is C16H16NY-. The van der Waals surface area contributed by atoms with Gasteiger partial charge in [0.1, 0.15) is 0 Å². The third-order valence-corrected chi connectivity index (χ3v) is 3.44. The molecule has 0 aliphatic carbocycles. The number of hydrogen-bond donors (Lipinski definition) is 0. The number of aromatic nitrogens is 1. The maximum Gasteiger partial charge on any atom is 0 e. The molecule has 0 saturated carbocycles. The van der Waals surface area contributed by atoms with Crippen LogP contribution in [0.1, 0.15) is 25.3 Å². The molecule has 3 aromatic rings. The molecule has 89 valence electrons. The quantitative estimate of drug-likeness (QED) is 0.581. The first kappa shape index (κ1) is 13.6. The fourth-order valence-electron chi connectivity index (χ4n) is 2.60. The van der Waals surface area contributed by atoms with E-state index < -0.39 is 0 Å². The summed E-state index contributed by atoms with van der Waals surface area (Å²) in [5.41, 5.74) is 3.84. The Kier molecular flexibility index (Phi) is 3.84. The van der Waals surface area contributed by atoms with Gasteiger partial charge >= 0.3 is 0 Å². The van der Waals surface area contributed by atoms with Gasteiger partial charge in [-0.15, -0.1) is 7.05 Å². The Bertz CT molecular complexity index is 695. The molecule has 2 aromatic carbocycles. The van der Waals surface area contributed by atoms with Crippen molar-refractivity contribution in [1.82, 2.24) is 4.57 Å². The molecule has 1 heterocycles. The molecule has 0 spiro atoms. The molecule has 0 bridgehead atoms. The fourth-order valence-corrected chi connectivity index (χ4v) is 2.60. The van der Waals surface area contributed by atoms with Crippen molar-refractivity contribution in [3.05, 3.63) is 55.1 Å². The minimum Gasteiger partial charge on any atom is -0.480 e. The number of nitrogens with zero attached hydrogens (tertiary/aromatic N) is 1. The smallest absolute Gasteiger partial charge is 0 e. The van der Waals surface area contributed by atoms with Gasteiger partial charge in [0.05, 0.1) is 0 Å². The second-order valence-corrected chi connectivity index (χ2v) is 4.84. The van der Waals surface area contributed by atoms with Gasteiger partial charge < -0.3 is 4.57 Å². The maximum absolute atomic E-state index is 4.20. The summed E-state index contributed by atoms with van der Waals surface area (Å²) in [6.45, 7) is 4.46. The monoisotopic (exact) mass is 311 g/mol. The van der Waals surface area contributed by atoms with Crippen LogP contribution < -0.4 is 0 Å². The summed E-state index contributed by atoms with van der Waals surface area (Å²) in [6, 6.07) is 15.0. The molecular weight excluding hydrogens is 295 g/mol. The van der Waals surface area contributed by atoms with Crippen LogP contribution in [0.2, 0.25) is 0 Å². The molecule has 1 radical (unpaired) electrons. The Morgan fingerprint density at radius 1 is 0.944 bits per heavy atom. The zero-order chi connectivity index (χ0) is 12.0. The minimum atomic E-state index is 0. The van der Waals surface area contributed by atoms with Crippen molar-refractivity contribution in [3.63, 3.8) is 0 Å². The summed E-state index contributed by atoms with van der Waals surface area (Å²) in [6.07, 6.45) is 0. The Balaban J connectivity index is 0.00000120. The predicted molar refractivity (Wildman–Crippen MR) is 74.3 cm³/mol. The molecule has 2 heteroatoms. The largest absolute Gasteiger partial charge is 0.480 e. The van der Waals surface area contributed by atoms with E-state index in [1.165, 1.54) is 27.4 Å². The number of hydrogen-bond acceptors (Lipinski definition) is 0. The van der Waals surface area contributed by atoms with Crippen LogP contribution in [0.4, 0.5) is 0 Å². The topological polar surface area (TPSA) is 4.93 Å². The van der Waals surface area contributed by atoms with E-state index >= 15 is 0 Å². The van der Waals surface area contributed by atoms with Gasteiger partial charge in [-0.1, -0.05) is 83.7 Å². The van der Waals surface area contributed by atoms with E-state index in [1.807, 2.05) is 0 Å². The van der Waals surface area contributed by atoms with Crippen LogP contribution in [0.3, 0.4) is 0 Å². The SMILES string of the molecule is [CH2-]n1c2ccccc2c2cccc(C(C)C)c21.[Y]. The van der Waals surface area contributed by atoms with Gasteiger partial charge in [-0.2, -0.15) is 0 Å². The second kappa shape index (κ2) is 5.07. The van der Waals surface area contributed by atoms with E-state index in [0.29, 0.717) is 5.92 Å². The van der Waals surface area contributed by atoms with Gasteiger partial charge in [-0.3, -0.25) is 0 Å². The number of para-hydroxylation sites is 2. The van der Waals surface area contributed by atoms with Gasteiger partial charge in [0.25, 0.3) is 0 Å². The summed E-state index contributed by atoms with van der Waals surface area (Å²) >= 11 is 0. The molecule has 18 heavy (non-hydrogen) atoms. The standard InChI is InChI=1S/C16H16N.Y/c1-11(2)12-8-6-9-14-13-7-4-5-10-15(13)17(3)16(12)14;/h4-11H,3H2,1-2H3;/q-1;. The van der Waals surface area contributed by atoms with Gasteiger partial charge in [0.15, 0.2) is 0 Å². The average Bonchev–Trinajstić information content (AvgIpc) is 2.64. The van der Waals surface area contributed by atoms with Crippen molar-refractivity contribution in [1.29, 1.82) is 0 Å². The van der Waals surface area contributed by atoms with Crippen LogP contribution in [-0.4, -0.2) is 4.57 Å². The first-order chi connectivity index (χ1) is 8.20. The molecule has 0 amide bonds. The zero-order valence-corrected chi connectivity index (χ0v) is 13.7. The molecule has 0 aliphatic heterocycles. The van der Waals surface area contributed by atoms with Crippen LogP contribution in [0.25, 0.3) is 21.8 Å². The van der Waals surface area contributed by atoms with Crippen molar-refractivity contribution < 1.29 is 32.7 Å². The number of benzene rings is 2. The Morgan fingerprint density at radius 3 is 2.33 bits per heavy atom. The summed E-state index contributed by atoms with van der Waals surface area (Å²) in [5, 5.41) is 2.60. The van der Waals surface area contributed by atoms with Crippen LogP contribution >= 0.6 is 0 Å². The molecule has 0 fully saturated rings. The summed E-state index contributed by atoms with van der Waals surface area (Å²) < 4.78 is 2.07. The van der Waals surface area contributed by atoms with Gasteiger partial charge in [0.2, 0.25) is 0 Å². The maximum atomic E-state index is 4.20. The molecule has 3 rings (SSSR count). The third-order valence-electron chi connectivity index (χ3n) is 3.44. The van der Waals surface area contributed by atoms with Crippen LogP contribution in [0, 0.1) is 7.05 Å². The van der Waals surface area contributed by atoms with Gasteiger partial charge in [0, 0.05) is 32.7 Å². The summed E-state index contributed by atoms with van der Waals surface area (Å²) in [7, 11) is 4.20. The Hall–Kier alpha value is -0.786. The van der Waals surface area contributed by atoms with Crippen LogP contribution in [0.5, 0.6) is 0 Å². The Morgan fingerprint density at radius 2 is 1.61 bits per heavy atom. The Labute approximate surface area is 133 Å². The zero-order valence-electron chi connectivity index (χ0n) is 10.9. The summed E-state index contributed by atoms with van der Waals surface area (Å²) in [5.74, 6) is 0.517. The van der Waals surface area contributed by atoms with Crippen LogP contribution in [0.15, 0.2) is 42.5 Å². The molecule has 1 aromatic heterocycles. The van der Waals surface area contributed by atoms with E-state index in [2.05, 4.69) is 67.9 Å². The fraction of sp³-hybridized carbons (Fsp3) is 0.188. The molecule has 1 nitrogen and oxygen atoms in total. The molecule has 0 atom stereocenters. The normalized spacial score (nSPS) is 11.1. The third kappa shape index (κ3) is 1.90. The van der Waals surface area contributed by atoms with E-state index in [9.17, 15) is 0 Å². The molecule has 0 N–H and O–H groups in total. The molecule has 0 aliphatic rings. The van der Waals surface area contributed by atoms with E-state index in [-0.39, 0.29) is 32.7 Å². The average molecular weight is 311 g/mol. The van der Waals surface area contributed by atoms with Crippen molar-refractivity contribution in [2.24, 2.45) is 0 Å². The van der Waals surface area contributed by atoms with E-state index in [4.69, 9.17) is 0 Å². The van der Waals surface area contributed by atoms with Crippen molar-refractivity contribution in [2.75, 3.05) is 0 Å². The number of rotatable bonds is 1. The van der Waals surface area contributed by atoms with Crippen molar-refractivity contribution >= 4 is 21.8 Å². The summed E-state index contributed by atoms with van der Waals surface area (Å²) in [4.78, 5) is 0. The number of fused-ring (bicyclic) bond motifs is 3. The van der Waals surface area contributed by atoms with Crippen molar-refractivity contribution in [3.8, 4) is 0 Å². The van der Waals surface area contributed by atoms with Crippen LogP contribution in [-0.2, 0) is 32.7 Å². The minimum absolute atomic E-state index is 0. The molecule has 0 saturated heterocycles. The van der Waals surface area contributed by atoms with Crippen molar-refractivity contribution in [2.45, 2.75) is 19.8 Å². The van der Waals surface area contributed by atoms with Gasteiger partial charge in [-0.05, 0) is 5.92 Å². The van der Waals surface area contributed by atoms with E-state index in [0.717, 1.165) is 0 Å². The predicted octanol–water partition coefficient (Wildman–Crippen LogP) is 4.56. The first-order valence-corrected chi connectivity index (χ1v) is 6.03. The van der Waals surface area contributed by atoms with Gasteiger partial charge in [-0.25, -0.2) is 0 Å².